The molecule has 4 fully saturated rings. The summed E-state index contributed by atoms with van der Waals surface area (Å²) in [6, 6.07) is 0. The van der Waals surface area contributed by atoms with E-state index in [9.17, 15) is 71.5 Å². The normalized spacial score (nSPS) is 52.7. The van der Waals surface area contributed by atoms with Crippen LogP contribution in [0.1, 0.15) is 0 Å². The molecule has 4 saturated heterocycles. The highest BCUT2D eigenvalue weighted by Gasteiger charge is 2.60. The number of ether oxygens (including phenoxy) is 7. The Morgan fingerprint density at radius 1 is 0.444 bits per heavy atom. The Kier molecular flexibility index (Phi) is 12.5. The van der Waals surface area contributed by atoms with E-state index < -0.39 is 149 Å². The fourth-order valence-corrected chi connectivity index (χ4v) is 5.56. The fourth-order valence-electron chi connectivity index (χ4n) is 5.56. The van der Waals surface area contributed by atoms with Gasteiger partial charge < -0.3 is 105 Å². The summed E-state index contributed by atoms with van der Waals surface area (Å²) in [5.74, 6) is -2.52. The van der Waals surface area contributed by atoms with Gasteiger partial charge in [0.25, 0.3) is 0 Å². The van der Waals surface area contributed by atoms with Crippen LogP contribution in [-0.2, 0) is 33.2 Å². The largest absolute Gasteiger partial charge is 0.394 e. The summed E-state index contributed by atoms with van der Waals surface area (Å²) in [6.07, 6.45) is -33.2. The highest BCUT2D eigenvalue weighted by atomic mass is 16.8. The second kappa shape index (κ2) is 15.1. The highest BCUT2D eigenvalue weighted by Crippen LogP contribution is 2.38. The van der Waals surface area contributed by atoms with Gasteiger partial charge in [-0.2, -0.15) is 0 Å². The van der Waals surface area contributed by atoms with E-state index in [2.05, 4.69) is 0 Å². The van der Waals surface area contributed by atoms with Gasteiger partial charge in [-0.3, -0.25) is 0 Å². The summed E-state index contributed by atoms with van der Waals surface area (Å²) < 4.78 is 38.7. The SMILES string of the molecule is OCC1OC(O[C@]2(CO)OC(CO)[C@H](O)[C@H]2O)C(O[C@H]2OC(CO)[C@@H](O)C(O)[C@@H]2O[C@H]2OC(CO)[C@@H](O)C(O)C2O)C(O)C1O. The third kappa shape index (κ3) is 7.01. The molecule has 264 valence electrons. The Morgan fingerprint density at radius 3 is 1.33 bits per heavy atom. The molecule has 0 radical (unpaired) electrons. The first-order valence-electron chi connectivity index (χ1n) is 14.1. The molecule has 0 amide bonds. The van der Waals surface area contributed by atoms with Gasteiger partial charge in [0.05, 0.1) is 26.4 Å². The lowest BCUT2D eigenvalue weighted by molar-refractivity contribution is -0.417. The van der Waals surface area contributed by atoms with Crippen molar-refractivity contribution in [3.05, 3.63) is 0 Å². The molecular weight excluding hydrogens is 624 g/mol. The molecule has 0 aliphatic carbocycles. The van der Waals surface area contributed by atoms with Crippen LogP contribution in [0.15, 0.2) is 0 Å². The molecule has 21 nitrogen and oxygen atoms in total. The number of rotatable bonds is 11. The Balaban J connectivity index is 1.64. The molecule has 0 spiro atoms. The molecule has 0 saturated carbocycles. The van der Waals surface area contributed by atoms with E-state index >= 15 is 0 Å². The van der Waals surface area contributed by atoms with Gasteiger partial charge in [-0.25, -0.2) is 0 Å². The molecule has 0 bridgehead atoms. The van der Waals surface area contributed by atoms with Crippen molar-refractivity contribution in [1.29, 1.82) is 0 Å². The second-order valence-electron chi connectivity index (χ2n) is 11.2. The highest BCUT2D eigenvalue weighted by molar-refractivity contribution is 5.00. The van der Waals surface area contributed by atoms with Gasteiger partial charge in [0, 0.05) is 0 Å². The van der Waals surface area contributed by atoms with E-state index in [0.717, 1.165) is 0 Å². The molecule has 4 aliphatic heterocycles. The van der Waals surface area contributed by atoms with Crippen LogP contribution in [0.25, 0.3) is 0 Å². The van der Waals surface area contributed by atoms with E-state index in [0.29, 0.717) is 0 Å². The topological polar surface area (TPSA) is 348 Å². The average Bonchev–Trinajstić information content (AvgIpc) is 3.28. The van der Waals surface area contributed by atoms with E-state index in [1.165, 1.54) is 0 Å². The fraction of sp³-hybridized carbons (Fsp3) is 1.00. The Hall–Kier alpha value is -0.840. The molecule has 14 N–H and O–H groups in total. The molecule has 4 aliphatic rings. The van der Waals surface area contributed by atoms with E-state index in [1.54, 1.807) is 0 Å². The maximum Gasteiger partial charge on any atom is 0.224 e. The van der Waals surface area contributed by atoms with Crippen LogP contribution in [-0.4, -0.2) is 221 Å². The zero-order valence-corrected chi connectivity index (χ0v) is 23.5. The van der Waals surface area contributed by atoms with Crippen LogP contribution in [0.4, 0.5) is 0 Å². The Labute approximate surface area is 254 Å². The average molecular weight is 667 g/mol. The van der Waals surface area contributed by atoms with Crippen LogP contribution in [0, 0.1) is 0 Å². The number of hydrogen-bond donors (Lipinski definition) is 14. The van der Waals surface area contributed by atoms with Crippen molar-refractivity contribution in [2.45, 2.75) is 116 Å². The second-order valence-corrected chi connectivity index (χ2v) is 11.2. The Bertz CT molecular complexity index is 931. The molecule has 4 rings (SSSR count). The van der Waals surface area contributed by atoms with E-state index in [4.69, 9.17) is 33.2 Å². The predicted molar refractivity (Wildman–Crippen MR) is 134 cm³/mol. The summed E-state index contributed by atoms with van der Waals surface area (Å²) in [4.78, 5) is 0. The zero-order chi connectivity index (χ0) is 33.4. The molecule has 11 unspecified atom stereocenters. The monoisotopic (exact) mass is 666 g/mol. The van der Waals surface area contributed by atoms with Crippen molar-refractivity contribution in [1.82, 2.24) is 0 Å². The van der Waals surface area contributed by atoms with Crippen molar-refractivity contribution in [3.63, 3.8) is 0 Å². The molecule has 21 heteroatoms. The van der Waals surface area contributed by atoms with Crippen LogP contribution in [0.3, 0.4) is 0 Å². The first-order valence-corrected chi connectivity index (χ1v) is 14.1. The van der Waals surface area contributed by atoms with Gasteiger partial charge in [0.15, 0.2) is 18.9 Å². The number of aliphatic hydroxyl groups is 14. The summed E-state index contributed by atoms with van der Waals surface area (Å²) in [7, 11) is 0. The van der Waals surface area contributed by atoms with Crippen molar-refractivity contribution >= 4 is 0 Å². The molecular formula is C24H42O21. The maximum absolute atomic E-state index is 11.0. The first-order chi connectivity index (χ1) is 21.3. The van der Waals surface area contributed by atoms with Crippen molar-refractivity contribution in [2.75, 3.05) is 33.0 Å². The summed E-state index contributed by atoms with van der Waals surface area (Å²) in [5.41, 5.74) is 0. The van der Waals surface area contributed by atoms with Crippen LogP contribution < -0.4 is 0 Å². The maximum atomic E-state index is 11.0. The minimum Gasteiger partial charge on any atom is -0.394 e. The molecule has 0 aromatic heterocycles. The van der Waals surface area contributed by atoms with Crippen LogP contribution in [0.5, 0.6) is 0 Å². The third-order valence-electron chi connectivity index (χ3n) is 8.30. The Morgan fingerprint density at radius 2 is 0.867 bits per heavy atom. The lowest BCUT2D eigenvalue weighted by Crippen LogP contribution is -2.67. The quantitative estimate of drug-likeness (QED) is 0.0973. The van der Waals surface area contributed by atoms with E-state index in [1.807, 2.05) is 0 Å². The van der Waals surface area contributed by atoms with Gasteiger partial charge in [0.2, 0.25) is 5.79 Å². The van der Waals surface area contributed by atoms with Crippen LogP contribution in [0.2, 0.25) is 0 Å². The zero-order valence-electron chi connectivity index (χ0n) is 23.5. The minimum atomic E-state index is -2.52. The number of aliphatic hydroxyl groups excluding tert-OH is 14. The molecule has 0 aromatic carbocycles. The molecule has 19 atom stereocenters. The molecule has 4 heterocycles. The third-order valence-corrected chi connectivity index (χ3v) is 8.30. The molecule has 45 heavy (non-hydrogen) atoms. The van der Waals surface area contributed by atoms with Gasteiger partial charge in [-0.05, 0) is 0 Å². The van der Waals surface area contributed by atoms with Crippen molar-refractivity contribution in [3.8, 4) is 0 Å². The summed E-state index contributed by atoms with van der Waals surface area (Å²) in [6.45, 7) is -4.65. The lowest BCUT2D eigenvalue weighted by atomic mass is 9.96. The van der Waals surface area contributed by atoms with Gasteiger partial charge >= 0.3 is 0 Å². The van der Waals surface area contributed by atoms with Crippen LogP contribution >= 0.6 is 0 Å². The van der Waals surface area contributed by atoms with Crippen molar-refractivity contribution < 1.29 is 105 Å². The minimum absolute atomic E-state index is 0.828. The standard InChI is InChI=1S/C24H42O21/c25-1-6-10(30)14(34)17(37)21(39-6)42-18-15(35)11(31)7(2-26)40-22(18)43-19-16(36)12(32)8(3-27)41-23(19)45-24(5-29)20(38)13(33)9(4-28)44-24/h6-23,25-38H,1-5H2/t6?,7?,8?,9?,10-,11-,12?,13+,14?,15?,16?,17?,18+,19?,20-,21-,22-,23?,24+/m1/s1. The summed E-state index contributed by atoms with van der Waals surface area (Å²) in [5, 5.41) is 143. The van der Waals surface area contributed by atoms with Gasteiger partial charge in [-0.1, -0.05) is 0 Å². The summed E-state index contributed by atoms with van der Waals surface area (Å²) >= 11 is 0. The van der Waals surface area contributed by atoms with Gasteiger partial charge in [0.1, 0.15) is 98.2 Å². The number of hydrogen-bond acceptors (Lipinski definition) is 21. The first kappa shape index (κ1) is 37.0. The lowest BCUT2D eigenvalue weighted by Gasteiger charge is -2.49. The van der Waals surface area contributed by atoms with Gasteiger partial charge in [-0.15, -0.1) is 0 Å². The predicted octanol–water partition coefficient (Wildman–Crippen LogP) is -9.75. The van der Waals surface area contributed by atoms with E-state index in [-0.39, 0.29) is 0 Å². The molecule has 0 aromatic rings. The van der Waals surface area contributed by atoms with Crippen molar-refractivity contribution in [2.24, 2.45) is 0 Å². The smallest absolute Gasteiger partial charge is 0.224 e.